The standard InChI is InChI=1S/C12H21NO/c1-5-14-12(4)7-6-10(9(2)3)8-11(12)13/h6-9,11H,5,13H2,1-4H3. The largest absolute Gasteiger partial charge is 0.370 e. The second-order valence-electron chi connectivity index (χ2n) is 4.30. The van der Waals surface area contributed by atoms with Gasteiger partial charge in [0.2, 0.25) is 0 Å². The van der Waals surface area contributed by atoms with Gasteiger partial charge in [-0.2, -0.15) is 0 Å². The molecule has 0 saturated heterocycles. The Balaban J connectivity index is 2.79. The van der Waals surface area contributed by atoms with Crippen molar-refractivity contribution in [2.45, 2.75) is 39.3 Å². The van der Waals surface area contributed by atoms with E-state index in [9.17, 15) is 0 Å². The minimum atomic E-state index is -0.326. The quantitative estimate of drug-likeness (QED) is 0.749. The Labute approximate surface area is 86.8 Å². The summed E-state index contributed by atoms with van der Waals surface area (Å²) < 4.78 is 5.65. The minimum Gasteiger partial charge on any atom is -0.370 e. The molecule has 0 aliphatic heterocycles. The molecule has 0 aromatic carbocycles. The fourth-order valence-electron chi connectivity index (χ4n) is 1.64. The van der Waals surface area contributed by atoms with Gasteiger partial charge in [-0.3, -0.25) is 0 Å². The van der Waals surface area contributed by atoms with Crippen LogP contribution in [0.2, 0.25) is 0 Å². The van der Waals surface area contributed by atoms with E-state index in [4.69, 9.17) is 10.5 Å². The molecule has 14 heavy (non-hydrogen) atoms. The summed E-state index contributed by atoms with van der Waals surface area (Å²) in [5, 5.41) is 0. The third kappa shape index (κ3) is 2.25. The molecule has 0 fully saturated rings. The molecule has 0 bridgehead atoms. The molecule has 1 rings (SSSR count). The van der Waals surface area contributed by atoms with Gasteiger partial charge in [-0.1, -0.05) is 32.1 Å². The van der Waals surface area contributed by atoms with Crippen molar-refractivity contribution < 1.29 is 4.74 Å². The number of rotatable bonds is 3. The van der Waals surface area contributed by atoms with E-state index in [0.29, 0.717) is 12.5 Å². The maximum absolute atomic E-state index is 6.07. The van der Waals surface area contributed by atoms with E-state index in [1.54, 1.807) is 0 Å². The fourth-order valence-corrected chi connectivity index (χ4v) is 1.64. The topological polar surface area (TPSA) is 35.2 Å². The summed E-state index contributed by atoms with van der Waals surface area (Å²) in [4.78, 5) is 0. The maximum Gasteiger partial charge on any atom is 0.102 e. The van der Waals surface area contributed by atoms with Gasteiger partial charge in [0.1, 0.15) is 5.60 Å². The molecule has 0 aromatic heterocycles. The van der Waals surface area contributed by atoms with E-state index in [-0.39, 0.29) is 11.6 Å². The number of hydrogen-bond donors (Lipinski definition) is 1. The first-order valence-corrected chi connectivity index (χ1v) is 5.30. The zero-order valence-electron chi connectivity index (χ0n) is 9.58. The Bertz CT molecular complexity index is 255. The van der Waals surface area contributed by atoms with Crippen LogP contribution in [0.15, 0.2) is 23.8 Å². The van der Waals surface area contributed by atoms with Crippen LogP contribution in [0, 0.1) is 5.92 Å². The summed E-state index contributed by atoms with van der Waals surface area (Å²) in [5.74, 6) is 0.531. The summed E-state index contributed by atoms with van der Waals surface area (Å²) in [7, 11) is 0. The molecule has 2 N–H and O–H groups in total. The SMILES string of the molecule is CCOC1(C)C=CC(C(C)C)=CC1N. The van der Waals surface area contributed by atoms with Gasteiger partial charge in [0.05, 0.1) is 6.04 Å². The molecule has 0 spiro atoms. The number of ether oxygens (including phenoxy) is 1. The molecule has 2 unspecified atom stereocenters. The molecule has 1 aliphatic carbocycles. The monoisotopic (exact) mass is 195 g/mol. The van der Waals surface area contributed by atoms with Gasteiger partial charge in [-0.05, 0) is 25.3 Å². The van der Waals surface area contributed by atoms with Crippen LogP contribution in [-0.4, -0.2) is 18.2 Å². The maximum atomic E-state index is 6.07. The smallest absolute Gasteiger partial charge is 0.102 e. The number of nitrogens with two attached hydrogens (primary N) is 1. The first-order chi connectivity index (χ1) is 6.49. The van der Waals surface area contributed by atoms with Gasteiger partial charge in [-0.25, -0.2) is 0 Å². The second kappa shape index (κ2) is 4.28. The third-order valence-electron chi connectivity index (χ3n) is 2.76. The summed E-state index contributed by atoms with van der Waals surface area (Å²) in [5.41, 5.74) is 7.05. The van der Waals surface area contributed by atoms with Crippen molar-refractivity contribution >= 4 is 0 Å². The predicted octanol–water partition coefficient (Wildman–Crippen LogP) is 2.26. The van der Waals surface area contributed by atoms with Crippen LogP contribution in [0.25, 0.3) is 0 Å². The molecule has 2 atom stereocenters. The Morgan fingerprint density at radius 1 is 1.57 bits per heavy atom. The van der Waals surface area contributed by atoms with E-state index in [1.807, 2.05) is 13.8 Å². The van der Waals surface area contributed by atoms with Crippen molar-refractivity contribution in [3.05, 3.63) is 23.8 Å². The predicted molar refractivity (Wildman–Crippen MR) is 60.1 cm³/mol. The first-order valence-electron chi connectivity index (χ1n) is 5.30. The summed E-state index contributed by atoms with van der Waals surface area (Å²) in [6.07, 6.45) is 6.32. The molecule has 2 heteroatoms. The molecular weight excluding hydrogens is 174 g/mol. The average molecular weight is 195 g/mol. The highest BCUT2D eigenvalue weighted by Crippen LogP contribution is 2.26. The summed E-state index contributed by atoms with van der Waals surface area (Å²) in [6, 6.07) is -0.0372. The zero-order valence-corrected chi connectivity index (χ0v) is 9.58. The number of allylic oxidation sites excluding steroid dienone is 2. The van der Waals surface area contributed by atoms with Gasteiger partial charge in [0.15, 0.2) is 0 Å². The van der Waals surface area contributed by atoms with Gasteiger partial charge in [0.25, 0.3) is 0 Å². The van der Waals surface area contributed by atoms with E-state index in [1.165, 1.54) is 5.57 Å². The minimum absolute atomic E-state index is 0.0372. The molecule has 0 radical (unpaired) electrons. The van der Waals surface area contributed by atoms with Crippen molar-refractivity contribution in [3.63, 3.8) is 0 Å². The Morgan fingerprint density at radius 2 is 2.21 bits per heavy atom. The summed E-state index contributed by atoms with van der Waals surface area (Å²) >= 11 is 0. The molecule has 80 valence electrons. The average Bonchev–Trinajstić information content (AvgIpc) is 2.10. The molecule has 0 aromatic rings. The highest BCUT2D eigenvalue weighted by Gasteiger charge is 2.31. The van der Waals surface area contributed by atoms with E-state index in [2.05, 4.69) is 32.1 Å². The lowest BCUT2D eigenvalue weighted by Crippen LogP contribution is -2.46. The first kappa shape index (κ1) is 11.5. The van der Waals surface area contributed by atoms with Crippen molar-refractivity contribution in [2.24, 2.45) is 11.7 Å². The van der Waals surface area contributed by atoms with Crippen LogP contribution in [0.1, 0.15) is 27.7 Å². The lowest BCUT2D eigenvalue weighted by molar-refractivity contribution is 0.00345. The van der Waals surface area contributed by atoms with Gasteiger partial charge in [0, 0.05) is 6.61 Å². The van der Waals surface area contributed by atoms with E-state index in [0.717, 1.165) is 0 Å². The van der Waals surface area contributed by atoms with E-state index < -0.39 is 0 Å². The molecule has 1 aliphatic rings. The van der Waals surface area contributed by atoms with Gasteiger partial charge >= 0.3 is 0 Å². The Kier molecular flexibility index (Phi) is 3.51. The highest BCUT2D eigenvalue weighted by atomic mass is 16.5. The molecular formula is C12H21NO. The molecule has 0 saturated carbocycles. The van der Waals surface area contributed by atoms with Crippen LogP contribution in [0.4, 0.5) is 0 Å². The zero-order chi connectivity index (χ0) is 10.8. The van der Waals surface area contributed by atoms with Crippen molar-refractivity contribution in [2.75, 3.05) is 6.61 Å². The van der Waals surface area contributed by atoms with Crippen LogP contribution < -0.4 is 5.73 Å². The second-order valence-corrected chi connectivity index (χ2v) is 4.30. The lowest BCUT2D eigenvalue weighted by atomic mass is 9.86. The van der Waals surface area contributed by atoms with Crippen LogP contribution in [0.3, 0.4) is 0 Å². The third-order valence-corrected chi connectivity index (χ3v) is 2.76. The molecule has 0 amide bonds. The molecule has 0 heterocycles. The lowest BCUT2D eigenvalue weighted by Gasteiger charge is -2.34. The van der Waals surface area contributed by atoms with Gasteiger partial charge in [-0.15, -0.1) is 0 Å². The van der Waals surface area contributed by atoms with Gasteiger partial charge < -0.3 is 10.5 Å². The highest BCUT2D eigenvalue weighted by molar-refractivity contribution is 5.32. The van der Waals surface area contributed by atoms with Crippen molar-refractivity contribution in [1.29, 1.82) is 0 Å². The van der Waals surface area contributed by atoms with Crippen LogP contribution in [0.5, 0.6) is 0 Å². The summed E-state index contributed by atoms with van der Waals surface area (Å²) in [6.45, 7) is 9.07. The number of hydrogen-bond acceptors (Lipinski definition) is 2. The fraction of sp³-hybridized carbons (Fsp3) is 0.667. The Hall–Kier alpha value is -0.600. The van der Waals surface area contributed by atoms with Crippen molar-refractivity contribution in [1.82, 2.24) is 0 Å². The van der Waals surface area contributed by atoms with E-state index >= 15 is 0 Å². The Morgan fingerprint density at radius 3 is 2.64 bits per heavy atom. The molecule has 2 nitrogen and oxygen atoms in total. The van der Waals surface area contributed by atoms with Crippen LogP contribution in [-0.2, 0) is 4.74 Å². The van der Waals surface area contributed by atoms with Crippen LogP contribution >= 0.6 is 0 Å². The van der Waals surface area contributed by atoms with Crippen molar-refractivity contribution in [3.8, 4) is 0 Å². The normalized spacial score (nSPS) is 32.1.